The Morgan fingerprint density at radius 3 is 2.69 bits per heavy atom. The van der Waals surface area contributed by atoms with Crippen LogP contribution < -0.4 is 5.32 Å². The van der Waals surface area contributed by atoms with Gasteiger partial charge in [-0.2, -0.15) is 13.2 Å². The van der Waals surface area contributed by atoms with Crippen molar-refractivity contribution in [2.24, 2.45) is 0 Å². The van der Waals surface area contributed by atoms with Gasteiger partial charge in [-0.25, -0.2) is 4.98 Å². The second-order valence-corrected chi connectivity index (χ2v) is 7.75. The Hall–Kier alpha value is -2.82. The highest BCUT2D eigenvalue weighted by Crippen LogP contribution is 2.34. The number of anilines is 1. The minimum atomic E-state index is -4.69. The zero-order chi connectivity index (χ0) is 23.5. The Morgan fingerprint density at radius 2 is 2.00 bits per heavy atom. The molecule has 0 radical (unpaired) electrons. The molecule has 1 aromatic carbocycles. The summed E-state index contributed by atoms with van der Waals surface area (Å²) >= 11 is 11.6. The Kier molecular flexibility index (Phi) is 7.27. The molecule has 170 valence electrons. The van der Waals surface area contributed by atoms with Crippen molar-refractivity contribution in [3.05, 3.63) is 57.3 Å². The van der Waals surface area contributed by atoms with Crippen molar-refractivity contribution in [1.29, 1.82) is 0 Å². The molecule has 0 aliphatic carbocycles. The van der Waals surface area contributed by atoms with Gasteiger partial charge in [0, 0.05) is 34.7 Å². The summed E-state index contributed by atoms with van der Waals surface area (Å²) in [5, 5.41) is 10.5. The normalized spacial score (nSPS) is 13.8. The predicted molar refractivity (Wildman–Crippen MR) is 114 cm³/mol. The first kappa shape index (κ1) is 23.8. The maximum atomic E-state index is 12.9. The van der Waals surface area contributed by atoms with Crippen molar-refractivity contribution in [2.75, 3.05) is 18.4 Å². The number of pyridine rings is 1. The first-order valence-corrected chi connectivity index (χ1v) is 10.0. The minimum Gasteiger partial charge on any atom is -0.483 e. The number of rotatable bonds is 3. The van der Waals surface area contributed by atoms with Crippen molar-refractivity contribution in [3.8, 4) is 0 Å². The number of fused-ring (bicyclic) bond motifs is 3. The molecule has 3 N–H and O–H groups in total. The molecule has 12 heteroatoms. The van der Waals surface area contributed by atoms with E-state index in [1.54, 1.807) is 0 Å². The van der Waals surface area contributed by atoms with E-state index in [0.717, 1.165) is 29.1 Å². The number of amides is 1. The van der Waals surface area contributed by atoms with E-state index in [2.05, 4.69) is 15.3 Å². The topological polar surface area (TPSA) is 98.3 Å². The summed E-state index contributed by atoms with van der Waals surface area (Å²) in [5.74, 6) is -0.639. The number of aromatic amines is 1. The third-order valence-electron chi connectivity index (χ3n) is 4.77. The molecular formula is C20H17Cl2F3N4O3. The van der Waals surface area contributed by atoms with Crippen LogP contribution in [-0.2, 0) is 28.7 Å². The molecule has 1 amide bonds. The summed E-state index contributed by atoms with van der Waals surface area (Å²) in [6.07, 6.45) is -3.96. The Morgan fingerprint density at radius 1 is 1.28 bits per heavy atom. The average molecular weight is 489 g/mol. The molecule has 3 heterocycles. The number of nitrogens with zero attached hydrogens (tertiary/aromatic N) is 2. The van der Waals surface area contributed by atoms with Crippen molar-refractivity contribution < 1.29 is 27.9 Å². The maximum Gasteiger partial charge on any atom is 0.434 e. The Bertz CT molecular complexity index is 1150. The average Bonchev–Trinajstić information content (AvgIpc) is 3.06. The van der Waals surface area contributed by atoms with Crippen molar-refractivity contribution >= 4 is 52.3 Å². The lowest BCUT2D eigenvalue weighted by Gasteiger charge is -2.26. The van der Waals surface area contributed by atoms with E-state index >= 15 is 0 Å². The van der Waals surface area contributed by atoms with Gasteiger partial charge in [-0.1, -0.05) is 23.2 Å². The van der Waals surface area contributed by atoms with E-state index in [-0.39, 0.29) is 18.8 Å². The smallest absolute Gasteiger partial charge is 0.434 e. The van der Waals surface area contributed by atoms with Crippen LogP contribution in [0.5, 0.6) is 0 Å². The zero-order valence-electron chi connectivity index (χ0n) is 16.3. The summed E-state index contributed by atoms with van der Waals surface area (Å²) in [6, 6.07) is 7.95. The standard InChI is InChI=1S/C19H15Cl2F3N4O.CH2O2/c20-10-1-3-14-12(7-10)11-5-6-28(8-15(11)25-14)9-17(29)26-16-4-2-13(21)18(27-16)19(22,23)24;2-1-3/h1-4,7,25H,5-6,8-9H2,(H,26,27,29);1H,(H,2,3). The van der Waals surface area contributed by atoms with Gasteiger partial charge in [0.15, 0.2) is 5.69 Å². The van der Waals surface area contributed by atoms with Gasteiger partial charge in [0.05, 0.1) is 11.6 Å². The van der Waals surface area contributed by atoms with E-state index in [4.69, 9.17) is 33.1 Å². The van der Waals surface area contributed by atoms with E-state index < -0.39 is 22.8 Å². The molecule has 1 aliphatic heterocycles. The molecule has 7 nitrogen and oxygen atoms in total. The lowest BCUT2D eigenvalue weighted by molar-refractivity contribution is -0.141. The SMILES string of the molecule is O=C(CN1CCc2c([nH]c3ccc(Cl)cc23)C1)Nc1ccc(Cl)c(C(F)(F)F)n1.O=CO. The highest BCUT2D eigenvalue weighted by atomic mass is 35.5. The molecule has 1 aliphatic rings. The van der Waals surface area contributed by atoms with Gasteiger partial charge in [0.1, 0.15) is 5.82 Å². The van der Waals surface area contributed by atoms with Gasteiger partial charge in [0.2, 0.25) is 5.91 Å². The van der Waals surface area contributed by atoms with Crippen LogP contribution in [0.4, 0.5) is 19.0 Å². The summed E-state index contributed by atoms with van der Waals surface area (Å²) < 4.78 is 38.7. The number of nitrogens with one attached hydrogen (secondary N) is 2. The third kappa shape index (κ3) is 5.50. The number of halogens is 5. The fourth-order valence-corrected chi connectivity index (χ4v) is 3.88. The molecule has 2 aromatic heterocycles. The quantitative estimate of drug-likeness (QED) is 0.468. The number of hydrogen-bond donors (Lipinski definition) is 3. The number of alkyl halides is 3. The van der Waals surface area contributed by atoms with Crippen molar-refractivity contribution in [2.45, 2.75) is 19.1 Å². The second kappa shape index (κ2) is 9.76. The van der Waals surface area contributed by atoms with Gasteiger partial charge in [-0.15, -0.1) is 0 Å². The molecular weight excluding hydrogens is 472 g/mol. The van der Waals surface area contributed by atoms with E-state index in [0.29, 0.717) is 18.1 Å². The number of H-pyrrole nitrogens is 1. The Balaban J connectivity index is 0.000000913. The molecule has 0 saturated carbocycles. The lowest BCUT2D eigenvalue weighted by Crippen LogP contribution is -2.37. The first-order chi connectivity index (χ1) is 15.1. The third-order valence-corrected chi connectivity index (χ3v) is 5.31. The number of hydrogen-bond acceptors (Lipinski definition) is 4. The van der Waals surface area contributed by atoms with Gasteiger partial charge >= 0.3 is 6.18 Å². The second-order valence-electron chi connectivity index (χ2n) is 6.91. The number of carbonyl (C=O) groups is 2. The molecule has 32 heavy (non-hydrogen) atoms. The van der Waals surface area contributed by atoms with Crippen LogP contribution in [0.2, 0.25) is 10.0 Å². The van der Waals surface area contributed by atoms with Gasteiger partial charge < -0.3 is 15.4 Å². The summed E-state index contributed by atoms with van der Waals surface area (Å²) in [7, 11) is 0. The molecule has 4 rings (SSSR count). The zero-order valence-corrected chi connectivity index (χ0v) is 17.9. The van der Waals surface area contributed by atoms with Crippen LogP contribution in [0.25, 0.3) is 10.9 Å². The van der Waals surface area contributed by atoms with E-state index in [1.807, 2.05) is 23.1 Å². The molecule has 0 fully saturated rings. The van der Waals surface area contributed by atoms with Crippen molar-refractivity contribution in [1.82, 2.24) is 14.9 Å². The van der Waals surface area contributed by atoms with Gasteiger partial charge in [-0.05, 0) is 42.3 Å². The fourth-order valence-electron chi connectivity index (χ4n) is 3.50. The number of benzene rings is 1. The van der Waals surface area contributed by atoms with Gasteiger partial charge in [0.25, 0.3) is 6.47 Å². The fraction of sp³-hybridized carbons (Fsp3) is 0.250. The predicted octanol–water partition coefficient (Wildman–Crippen LogP) is 4.59. The number of carboxylic acid groups (broad SMARTS) is 1. The minimum absolute atomic E-state index is 0.0290. The monoisotopic (exact) mass is 488 g/mol. The molecule has 0 spiro atoms. The van der Waals surface area contributed by atoms with E-state index in [9.17, 15) is 18.0 Å². The molecule has 0 atom stereocenters. The van der Waals surface area contributed by atoms with Crippen LogP contribution in [0.3, 0.4) is 0 Å². The van der Waals surface area contributed by atoms with Crippen LogP contribution in [0.15, 0.2) is 30.3 Å². The molecule has 3 aromatic rings. The van der Waals surface area contributed by atoms with Crippen LogP contribution >= 0.6 is 23.2 Å². The summed E-state index contributed by atoms with van der Waals surface area (Å²) in [5.41, 5.74) is 1.94. The lowest BCUT2D eigenvalue weighted by atomic mass is 10.0. The van der Waals surface area contributed by atoms with Crippen LogP contribution in [0.1, 0.15) is 17.0 Å². The molecule has 0 saturated heterocycles. The van der Waals surface area contributed by atoms with E-state index in [1.165, 1.54) is 11.6 Å². The van der Waals surface area contributed by atoms with Gasteiger partial charge in [-0.3, -0.25) is 14.5 Å². The molecule has 0 unspecified atom stereocenters. The summed E-state index contributed by atoms with van der Waals surface area (Å²) in [4.78, 5) is 29.4. The van der Waals surface area contributed by atoms with Crippen LogP contribution in [-0.4, -0.2) is 45.4 Å². The number of aromatic nitrogens is 2. The van der Waals surface area contributed by atoms with Crippen LogP contribution in [0, 0.1) is 0 Å². The largest absolute Gasteiger partial charge is 0.483 e. The number of carbonyl (C=O) groups excluding carboxylic acids is 1. The highest BCUT2D eigenvalue weighted by Gasteiger charge is 2.35. The maximum absolute atomic E-state index is 12.9. The first-order valence-electron chi connectivity index (χ1n) is 9.25. The highest BCUT2D eigenvalue weighted by molar-refractivity contribution is 6.31. The Labute approximate surface area is 190 Å². The van der Waals surface area contributed by atoms with Crippen molar-refractivity contribution in [3.63, 3.8) is 0 Å². The molecule has 0 bridgehead atoms. The summed E-state index contributed by atoms with van der Waals surface area (Å²) in [6.45, 7) is 0.944.